The predicted molar refractivity (Wildman–Crippen MR) is 152 cm³/mol. The molecule has 0 bridgehead atoms. The number of rotatable bonds is 9. The van der Waals surface area contributed by atoms with Crippen LogP contribution in [0.15, 0.2) is 42.7 Å². The number of hydrogen-bond donors (Lipinski definition) is 3. The number of aromatic nitrogens is 3. The minimum atomic E-state index is -4.79. The number of aryl methyl sites for hydroxylation is 1. The van der Waals surface area contributed by atoms with Gasteiger partial charge in [-0.2, -0.15) is 18.3 Å². The summed E-state index contributed by atoms with van der Waals surface area (Å²) in [6, 6.07) is 3.71. The van der Waals surface area contributed by atoms with Crippen molar-refractivity contribution >= 4 is 28.7 Å². The molecule has 3 heterocycles. The van der Waals surface area contributed by atoms with Crippen molar-refractivity contribution in [2.45, 2.75) is 37.9 Å². The highest BCUT2D eigenvalue weighted by molar-refractivity contribution is 6.00. The van der Waals surface area contributed by atoms with Gasteiger partial charge in [0.25, 0.3) is 0 Å². The van der Waals surface area contributed by atoms with E-state index in [1.165, 1.54) is 10.8 Å². The summed E-state index contributed by atoms with van der Waals surface area (Å²) in [6.45, 7) is 2.44. The number of amides is 2. The summed E-state index contributed by atoms with van der Waals surface area (Å²) in [6.07, 6.45) is -0.0453. The number of halogens is 6. The maximum atomic E-state index is 15.4. The van der Waals surface area contributed by atoms with E-state index in [0.717, 1.165) is 38.4 Å². The van der Waals surface area contributed by atoms with Crippen LogP contribution in [0.1, 0.15) is 30.5 Å². The molecule has 2 aromatic carbocycles. The second-order valence-corrected chi connectivity index (χ2v) is 10.4. The van der Waals surface area contributed by atoms with Crippen molar-refractivity contribution in [1.29, 1.82) is 0 Å². The minimum absolute atomic E-state index is 0.0467. The maximum Gasteiger partial charge on any atom is 0.416 e. The van der Waals surface area contributed by atoms with Crippen LogP contribution in [0.25, 0.3) is 16.6 Å². The number of benzene rings is 2. The highest BCUT2D eigenvalue weighted by Gasteiger charge is 2.31. The Labute approximate surface area is 248 Å². The molecule has 1 aliphatic heterocycles. The molecule has 4 aromatic rings. The van der Waals surface area contributed by atoms with Crippen molar-refractivity contribution in [3.05, 3.63) is 71.4 Å². The van der Waals surface area contributed by atoms with Crippen LogP contribution >= 0.6 is 0 Å². The van der Waals surface area contributed by atoms with E-state index in [0.29, 0.717) is 49.0 Å². The third-order valence-corrected chi connectivity index (χ3v) is 7.53. The molecule has 2 amide bonds. The molecule has 15 heteroatoms. The Bertz CT molecular complexity index is 1680. The van der Waals surface area contributed by atoms with E-state index in [9.17, 15) is 22.4 Å². The number of nitrogens with two attached hydrogens (primary N) is 1. The standard InChI is InChI=1S/C29H29F6N7O2/c1-44-14-18-5-3-9-41(18)8-2-4-17-11-20(26-27(36)37-15-38-42(17)26)19-12-23(32)25(13-22(19)31)40-28(43)39-24-10-16(29(33,34)35)6-7-21(24)30/h6-7,10-13,15,18H,2-5,8-9,14H2,1H3,(H2,36,37,38)(H2,39,40,43). The fourth-order valence-electron chi connectivity index (χ4n) is 5.47. The average molecular weight is 622 g/mol. The zero-order valence-electron chi connectivity index (χ0n) is 23.5. The van der Waals surface area contributed by atoms with E-state index >= 15 is 8.78 Å². The van der Waals surface area contributed by atoms with Crippen LogP contribution in [-0.2, 0) is 17.3 Å². The summed E-state index contributed by atoms with van der Waals surface area (Å²) in [5, 5.41) is 8.16. The van der Waals surface area contributed by atoms with Crippen LogP contribution in [-0.4, -0.2) is 58.4 Å². The number of methoxy groups -OCH3 is 1. The van der Waals surface area contributed by atoms with Gasteiger partial charge in [-0.1, -0.05) is 0 Å². The number of fused-ring (bicyclic) bond motifs is 1. The van der Waals surface area contributed by atoms with E-state index in [4.69, 9.17) is 10.5 Å². The zero-order chi connectivity index (χ0) is 31.6. The number of carbonyl (C=O) groups is 1. The highest BCUT2D eigenvalue weighted by Crippen LogP contribution is 2.35. The first-order chi connectivity index (χ1) is 21.0. The largest absolute Gasteiger partial charge is 0.416 e. The van der Waals surface area contributed by atoms with Gasteiger partial charge < -0.3 is 21.1 Å². The van der Waals surface area contributed by atoms with Gasteiger partial charge in [0.2, 0.25) is 0 Å². The van der Waals surface area contributed by atoms with Crippen molar-refractivity contribution in [3.8, 4) is 11.1 Å². The van der Waals surface area contributed by atoms with Crippen molar-refractivity contribution in [2.75, 3.05) is 43.2 Å². The molecule has 1 aliphatic rings. The average Bonchev–Trinajstić information content (AvgIpc) is 3.56. The van der Waals surface area contributed by atoms with Crippen LogP contribution in [0.5, 0.6) is 0 Å². The Morgan fingerprint density at radius 2 is 1.80 bits per heavy atom. The van der Waals surface area contributed by atoms with Crippen molar-refractivity contribution < 1.29 is 35.9 Å². The molecule has 9 nitrogen and oxygen atoms in total. The number of nitrogens with one attached hydrogen (secondary N) is 2. The fraction of sp³-hybridized carbons (Fsp3) is 0.345. The number of nitrogen functional groups attached to an aromatic ring is 1. The van der Waals surface area contributed by atoms with Gasteiger partial charge in [0.05, 0.1) is 23.5 Å². The monoisotopic (exact) mass is 621 g/mol. The second kappa shape index (κ2) is 12.7. The molecule has 1 unspecified atom stereocenters. The van der Waals surface area contributed by atoms with Gasteiger partial charge >= 0.3 is 12.2 Å². The lowest BCUT2D eigenvalue weighted by Gasteiger charge is -2.23. The molecule has 0 aliphatic carbocycles. The van der Waals surface area contributed by atoms with Crippen molar-refractivity contribution in [2.24, 2.45) is 0 Å². The van der Waals surface area contributed by atoms with E-state index in [1.54, 1.807) is 13.2 Å². The molecule has 2 aromatic heterocycles. The van der Waals surface area contributed by atoms with Crippen LogP contribution in [0.4, 0.5) is 48.3 Å². The van der Waals surface area contributed by atoms with Gasteiger partial charge in [-0.25, -0.2) is 27.5 Å². The lowest BCUT2D eigenvalue weighted by Crippen LogP contribution is -2.33. The molecule has 1 fully saturated rings. The van der Waals surface area contributed by atoms with Crippen LogP contribution in [0.2, 0.25) is 0 Å². The van der Waals surface area contributed by atoms with Crippen LogP contribution < -0.4 is 16.4 Å². The lowest BCUT2D eigenvalue weighted by molar-refractivity contribution is -0.137. The zero-order valence-corrected chi connectivity index (χ0v) is 23.5. The van der Waals surface area contributed by atoms with Crippen molar-refractivity contribution in [1.82, 2.24) is 19.5 Å². The Morgan fingerprint density at radius 3 is 2.52 bits per heavy atom. The molecule has 1 saturated heterocycles. The highest BCUT2D eigenvalue weighted by atomic mass is 19.4. The Balaban J connectivity index is 1.36. The molecular formula is C29H29F6N7O2. The number of ether oxygens (including phenoxy) is 1. The Hall–Kier alpha value is -4.37. The summed E-state index contributed by atoms with van der Waals surface area (Å²) in [4.78, 5) is 18.7. The van der Waals surface area contributed by atoms with E-state index < -0.39 is 46.6 Å². The molecular weight excluding hydrogens is 592 g/mol. The number of nitrogens with zero attached hydrogens (tertiary/aromatic N) is 4. The van der Waals surface area contributed by atoms with Gasteiger partial charge in [0.15, 0.2) is 5.82 Å². The summed E-state index contributed by atoms with van der Waals surface area (Å²) >= 11 is 0. The van der Waals surface area contributed by atoms with E-state index in [2.05, 4.69) is 15.0 Å². The third kappa shape index (κ3) is 6.58. The first kappa shape index (κ1) is 31.1. The van der Waals surface area contributed by atoms with Gasteiger partial charge in [0.1, 0.15) is 29.3 Å². The molecule has 0 radical (unpaired) electrons. The Kier molecular flexibility index (Phi) is 8.97. The second-order valence-electron chi connectivity index (χ2n) is 10.4. The minimum Gasteiger partial charge on any atom is -0.383 e. The fourth-order valence-corrected chi connectivity index (χ4v) is 5.47. The first-order valence-corrected chi connectivity index (χ1v) is 13.7. The first-order valence-electron chi connectivity index (χ1n) is 13.7. The predicted octanol–water partition coefficient (Wildman–Crippen LogP) is 6.10. The number of alkyl halides is 3. The summed E-state index contributed by atoms with van der Waals surface area (Å²) in [5.41, 5.74) is 4.53. The number of likely N-dealkylation sites (tertiary alicyclic amines) is 1. The van der Waals surface area contributed by atoms with Gasteiger partial charge in [-0.15, -0.1) is 0 Å². The molecule has 4 N–H and O–H groups in total. The summed E-state index contributed by atoms with van der Waals surface area (Å²) in [7, 11) is 1.68. The molecule has 1 atom stereocenters. The normalized spacial score (nSPS) is 15.7. The molecule has 234 valence electrons. The molecule has 0 saturated carbocycles. The summed E-state index contributed by atoms with van der Waals surface area (Å²) < 4.78 is 90.5. The van der Waals surface area contributed by atoms with Crippen molar-refractivity contribution in [3.63, 3.8) is 0 Å². The summed E-state index contributed by atoms with van der Waals surface area (Å²) in [5.74, 6) is -3.10. The van der Waals surface area contributed by atoms with Crippen LogP contribution in [0.3, 0.4) is 0 Å². The molecule has 0 spiro atoms. The smallest absolute Gasteiger partial charge is 0.383 e. The number of hydrogen-bond acceptors (Lipinski definition) is 6. The van der Waals surface area contributed by atoms with E-state index in [1.807, 2.05) is 10.6 Å². The molecule has 44 heavy (non-hydrogen) atoms. The molecule has 5 rings (SSSR count). The lowest BCUT2D eigenvalue weighted by atomic mass is 10.0. The third-order valence-electron chi connectivity index (χ3n) is 7.53. The Morgan fingerprint density at radius 1 is 1.05 bits per heavy atom. The maximum absolute atomic E-state index is 15.4. The van der Waals surface area contributed by atoms with E-state index in [-0.39, 0.29) is 22.5 Å². The van der Waals surface area contributed by atoms with Crippen LogP contribution in [0, 0.1) is 17.5 Å². The van der Waals surface area contributed by atoms with Gasteiger partial charge in [-0.3, -0.25) is 4.90 Å². The van der Waals surface area contributed by atoms with Gasteiger partial charge in [-0.05, 0) is 69.1 Å². The SMILES string of the molecule is COCC1CCCN1CCCc1cc(-c2cc(F)c(NC(=O)Nc3cc(C(F)(F)F)ccc3F)cc2F)c2c(N)ncnn12. The number of carbonyl (C=O) groups excluding carboxylic acids is 1. The van der Waals surface area contributed by atoms with Gasteiger partial charge in [0, 0.05) is 36.0 Å². The number of urea groups is 1. The number of anilines is 3. The quantitative estimate of drug-likeness (QED) is 0.195. The topological polar surface area (TPSA) is 110 Å².